The van der Waals surface area contributed by atoms with Crippen LogP contribution in [0.15, 0.2) is 18.2 Å². The summed E-state index contributed by atoms with van der Waals surface area (Å²) in [6.45, 7) is 0.349. The first-order chi connectivity index (χ1) is 12.3. The standard InChI is InChI=1S/C17H21F3N2O4/c1-25-12-4-3-5-13(26-2)14(12)15(23)21-10-11-6-8-22(9-7-11)16(24)17(18,19)20/h3-5,11H,6-10H2,1-2H3,(H,21,23). The molecule has 2 amide bonds. The summed E-state index contributed by atoms with van der Waals surface area (Å²) in [7, 11) is 2.89. The third-order valence-corrected chi connectivity index (χ3v) is 4.35. The number of rotatable bonds is 5. The Morgan fingerprint density at radius 3 is 2.15 bits per heavy atom. The lowest BCUT2D eigenvalue weighted by molar-refractivity contribution is -0.186. The fraction of sp³-hybridized carbons (Fsp3) is 0.529. The number of hydrogen-bond donors (Lipinski definition) is 1. The van der Waals surface area contributed by atoms with Crippen LogP contribution in [0.5, 0.6) is 11.5 Å². The number of halogens is 3. The van der Waals surface area contributed by atoms with E-state index in [0.717, 1.165) is 4.90 Å². The third-order valence-electron chi connectivity index (χ3n) is 4.35. The largest absolute Gasteiger partial charge is 0.496 e. The minimum atomic E-state index is -4.85. The van der Waals surface area contributed by atoms with Gasteiger partial charge >= 0.3 is 12.1 Å². The first kappa shape index (κ1) is 19.9. The molecule has 1 aromatic rings. The summed E-state index contributed by atoms with van der Waals surface area (Å²) in [6.07, 6.45) is -4.06. The van der Waals surface area contributed by atoms with Crippen molar-refractivity contribution in [1.29, 1.82) is 0 Å². The van der Waals surface area contributed by atoms with E-state index in [1.807, 2.05) is 0 Å². The first-order valence-corrected chi connectivity index (χ1v) is 8.13. The fourth-order valence-electron chi connectivity index (χ4n) is 2.92. The molecule has 1 heterocycles. The van der Waals surface area contributed by atoms with Crippen molar-refractivity contribution in [2.75, 3.05) is 33.9 Å². The van der Waals surface area contributed by atoms with Crippen molar-refractivity contribution in [3.8, 4) is 11.5 Å². The molecule has 1 aliphatic heterocycles. The maximum Gasteiger partial charge on any atom is 0.471 e. The second kappa shape index (κ2) is 8.29. The number of nitrogens with one attached hydrogen (secondary N) is 1. The van der Waals surface area contributed by atoms with E-state index in [-0.39, 0.29) is 30.5 Å². The molecule has 1 aliphatic rings. The van der Waals surface area contributed by atoms with E-state index in [1.165, 1.54) is 14.2 Å². The first-order valence-electron chi connectivity index (χ1n) is 8.13. The van der Waals surface area contributed by atoms with Gasteiger partial charge in [0, 0.05) is 19.6 Å². The van der Waals surface area contributed by atoms with Crippen LogP contribution < -0.4 is 14.8 Å². The highest BCUT2D eigenvalue weighted by Gasteiger charge is 2.43. The molecule has 1 aromatic carbocycles. The Labute approximate surface area is 149 Å². The van der Waals surface area contributed by atoms with E-state index in [0.29, 0.717) is 30.9 Å². The fourth-order valence-corrected chi connectivity index (χ4v) is 2.92. The predicted molar refractivity (Wildman–Crippen MR) is 87.2 cm³/mol. The lowest BCUT2D eigenvalue weighted by Crippen LogP contribution is -2.46. The average Bonchev–Trinajstić information content (AvgIpc) is 2.64. The Bertz CT molecular complexity index is 634. The average molecular weight is 374 g/mol. The van der Waals surface area contributed by atoms with Crippen LogP contribution >= 0.6 is 0 Å². The Morgan fingerprint density at radius 1 is 1.15 bits per heavy atom. The molecule has 0 spiro atoms. The molecule has 0 radical (unpaired) electrons. The molecule has 0 unspecified atom stereocenters. The van der Waals surface area contributed by atoms with Crippen LogP contribution in [-0.4, -0.2) is 56.7 Å². The summed E-state index contributed by atoms with van der Waals surface area (Å²) in [5, 5.41) is 2.77. The number of nitrogens with zero attached hydrogens (tertiary/aromatic N) is 1. The summed E-state index contributed by atoms with van der Waals surface area (Å²) < 4.78 is 47.7. The van der Waals surface area contributed by atoms with Crippen molar-refractivity contribution in [2.45, 2.75) is 19.0 Å². The van der Waals surface area contributed by atoms with Gasteiger partial charge in [0.1, 0.15) is 17.1 Å². The number of methoxy groups -OCH3 is 2. The summed E-state index contributed by atoms with van der Waals surface area (Å²) in [4.78, 5) is 24.5. The maximum atomic E-state index is 12.5. The van der Waals surface area contributed by atoms with Crippen molar-refractivity contribution in [2.24, 2.45) is 5.92 Å². The van der Waals surface area contributed by atoms with Crippen LogP contribution in [0.1, 0.15) is 23.2 Å². The van der Waals surface area contributed by atoms with E-state index < -0.39 is 12.1 Å². The van der Waals surface area contributed by atoms with Gasteiger partial charge in [0.05, 0.1) is 14.2 Å². The lowest BCUT2D eigenvalue weighted by Gasteiger charge is -2.32. The molecule has 0 aliphatic carbocycles. The van der Waals surface area contributed by atoms with E-state index in [1.54, 1.807) is 18.2 Å². The monoisotopic (exact) mass is 374 g/mol. The van der Waals surface area contributed by atoms with Gasteiger partial charge in [-0.3, -0.25) is 9.59 Å². The van der Waals surface area contributed by atoms with Crippen molar-refractivity contribution in [3.05, 3.63) is 23.8 Å². The van der Waals surface area contributed by atoms with Gasteiger partial charge in [-0.05, 0) is 30.9 Å². The molecule has 6 nitrogen and oxygen atoms in total. The summed E-state index contributed by atoms with van der Waals surface area (Å²) >= 11 is 0. The number of likely N-dealkylation sites (tertiary alicyclic amines) is 1. The van der Waals surface area contributed by atoms with Crippen molar-refractivity contribution >= 4 is 11.8 Å². The van der Waals surface area contributed by atoms with Gasteiger partial charge < -0.3 is 19.7 Å². The highest BCUT2D eigenvalue weighted by molar-refractivity contribution is 5.99. The Kier molecular flexibility index (Phi) is 6.33. The van der Waals surface area contributed by atoms with Gasteiger partial charge in [-0.15, -0.1) is 0 Å². The smallest absolute Gasteiger partial charge is 0.471 e. The molecule has 1 fully saturated rings. The third kappa shape index (κ3) is 4.59. The van der Waals surface area contributed by atoms with Gasteiger partial charge in [-0.2, -0.15) is 13.2 Å². The van der Waals surface area contributed by atoms with Gasteiger partial charge in [-0.25, -0.2) is 0 Å². The Hall–Kier alpha value is -2.45. The van der Waals surface area contributed by atoms with Crippen molar-refractivity contribution in [1.82, 2.24) is 10.2 Å². The Morgan fingerprint density at radius 2 is 1.69 bits per heavy atom. The molecular formula is C17H21F3N2O4. The highest BCUT2D eigenvalue weighted by atomic mass is 19.4. The van der Waals surface area contributed by atoms with Gasteiger partial charge in [-0.1, -0.05) is 6.07 Å². The molecular weight excluding hydrogens is 353 g/mol. The quantitative estimate of drug-likeness (QED) is 0.858. The number of benzene rings is 1. The van der Waals surface area contributed by atoms with Crippen LogP contribution in [0.4, 0.5) is 13.2 Å². The summed E-state index contributed by atoms with van der Waals surface area (Å²) in [6, 6.07) is 4.97. The van der Waals surface area contributed by atoms with Crippen molar-refractivity contribution in [3.63, 3.8) is 0 Å². The molecule has 1 saturated heterocycles. The van der Waals surface area contributed by atoms with E-state index in [2.05, 4.69) is 5.32 Å². The van der Waals surface area contributed by atoms with Crippen LogP contribution in [0, 0.1) is 5.92 Å². The second-order valence-corrected chi connectivity index (χ2v) is 5.98. The molecule has 2 rings (SSSR count). The van der Waals surface area contributed by atoms with Crippen molar-refractivity contribution < 1.29 is 32.2 Å². The zero-order valence-electron chi connectivity index (χ0n) is 14.6. The SMILES string of the molecule is COc1cccc(OC)c1C(=O)NCC1CCN(C(=O)C(F)(F)F)CC1. The number of amides is 2. The number of piperidine rings is 1. The van der Waals surface area contributed by atoms with Crippen LogP contribution in [0.3, 0.4) is 0 Å². The highest BCUT2D eigenvalue weighted by Crippen LogP contribution is 2.28. The number of hydrogen-bond acceptors (Lipinski definition) is 4. The summed E-state index contributed by atoms with van der Waals surface area (Å²) in [5.74, 6) is -1.45. The lowest BCUT2D eigenvalue weighted by atomic mass is 9.96. The van der Waals surface area contributed by atoms with Gasteiger partial charge in [0.2, 0.25) is 0 Å². The molecule has 0 bridgehead atoms. The minimum Gasteiger partial charge on any atom is -0.496 e. The Balaban J connectivity index is 1.91. The van der Waals surface area contributed by atoms with Gasteiger partial charge in [0.15, 0.2) is 0 Å². The van der Waals surface area contributed by atoms with Crippen LogP contribution in [-0.2, 0) is 4.79 Å². The number of ether oxygens (including phenoxy) is 2. The van der Waals surface area contributed by atoms with E-state index in [4.69, 9.17) is 9.47 Å². The minimum absolute atomic E-state index is 0.00284. The molecule has 0 saturated carbocycles. The zero-order chi connectivity index (χ0) is 19.3. The molecule has 26 heavy (non-hydrogen) atoms. The maximum absolute atomic E-state index is 12.5. The molecule has 0 aromatic heterocycles. The normalized spacial score (nSPS) is 15.5. The van der Waals surface area contributed by atoms with Gasteiger partial charge in [0.25, 0.3) is 5.91 Å². The van der Waals surface area contributed by atoms with Crippen LogP contribution in [0.2, 0.25) is 0 Å². The molecule has 9 heteroatoms. The predicted octanol–water partition coefficient (Wildman–Crippen LogP) is 2.23. The van der Waals surface area contributed by atoms with E-state index >= 15 is 0 Å². The topological polar surface area (TPSA) is 67.9 Å². The molecule has 0 atom stereocenters. The molecule has 144 valence electrons. The molecule has 1 N–H and O–H groups in total. The zero-order valence-corrected chi connectivity index (χ0v) is 14.6. The number of carbonyl (C=O) groups is 2. The second-order valence-electron chi connectivity index (χ2n) is 5.98. The number of carbonyl (C=O) groups excluding carboxylic acids is 2. The van der Waals surface area contributed by atoms with E-state index in [9.17, 15) is 22.8 Å². The summed E-state index contributed by atoms with van der Waals surface area (Å²) in [5.41, 5.74) is 0.266. The number of alkyl halides is 3. The van der Waals surface area contributed by atoms with Crippen LogP contribution in [0.25, 0.3) is 0 Å².